The molecular formula is C11H17BrO3. The lowest BCUT2D eigenvalue weighted by molar-refractivity contribution is -0.147. The molecule has 3 nitrogen and oxygen atoms in total. The molecule has 0 saturated carbocycles. The zero-order valence-corrected chi connectivity index (χ0v) is 10.6. The molecule has 0 N–H and O–H groups in total. The maximum Gasteiger partial charge on any atom is 0.331 e. The van der Waals surface area contributed by atoms with E-state index in [1.165, 1.54) is 20.0 Å². The Morgan fingerprint density at radius 3 is 3.07 bits per heavy atom. The first-order chi connectivity index (χ1) is 7.24. The molecule has 1 aliphatic carbocycles. The Morgan fingerprint density at radius 2 is 2.33 bits per heavy atom. The molecule has 0 aromatic heterocycles. The van der Waals surface area contributed by atoms with Crippen molar-refractivity contribution in [1.82, 2.24) is 0 Å². The van der Waals surface area contributed by atoms with Crippen molar-refractivity contribution in [2.75, 3.05) is 13.7 Å². The van der Waals surface area contributed by atoms with Crippen molar-refractivity contribution in [2.24, 2.45) is 0 Å². The van der Waals surface area contributed by atoms with Crippen LogP contribution in [0.1, 0.15) is 32.1 Å². The van der Waals surface area contributed by atoms with Crippen LogP contribution in [0.15, 0.2) is 10.6 Å². The smallest absolute Gasteiger partial charge is 0.331 e. The minimum Gasteiger partial charge on any atom is -0.467 e. The fourth-order valence-corrected chi connectivity index (χ4v) is 2.14. The molecule has 86 valence electrons. The normalized spacial score (nSPS) is 26.0. The first-order valence-electron chi connectivity index (χ1n) is 5.28. The van der Waals surface area contributed by atoms with Gasteiger partial charge in [-0.3, -0.25) is 0 Å². The number of methoxy groups -OCH3 is 1. The number of carbonyl (C=O) groups is 1. The summed E-state index contributed by atoms with van der Waals surface area (Å²) in [5.41, 5.74) is 0. The van der Waals surface area contributed by atoms with Crippen molar-refractivity contribution in [3.05, 3.63) is 10.6 Å². The van der Waals surface area contributed by atoms with Crippen LogP contribution in [0.4, 0.5) is 0 Å². The highest BCUT2D eigenvalue weighted by atomic mass is 79.9. The highest BCUT2D eigenvalue weighted by Gasteiger charge is 2.15. The molecule has 0 fully saturated rings. The Balaban J connectivity index is 2.42. The molecule has 0 spiro atoms. The average Bonchev–Trinajstić information content (AvgIpc) is 2.22. The van der Waals surface area contributed by atoms with Crippen LogP contribution < -0.4 is 0 Å². The van der Waals surface area contributed by atoms with Crippen LogP contribution in [-0.4, -0.2) is 25.8 Å². The third kappa shape index (κ3) is 4.80. The molecule has 4 heteroatoms. The van der Waals surface area contributed by atoms with E-state index in [0.717, 1.165) is 23.7 Å². The Kier molecular flexibility index (Phi) is 5.95. The second-order valence-electron chi connectivity index (χ2n) is 3.60. The summed E-state index contributed by atoms with van der Waals surface area (Å²) in [5, 5.41) is 0. The summed E-state index contributed by atoms with van der Waals surface area (Å²) in [6.07, 6.45) is 7.82. The number of rotatable bonds is 3. The van der Waals surface area contributed by atoms with Gasteiger partial charge in [0.1, 0.15) is 6.61 Å². The zero-order chi connectivity index (χ0) is 11.1. The fraction of sp³-hybridized carbons (Fsp3) is 0.727. The lowest BCUT2D eigenvalue weighted by Gasteiger charge is -2.18. The summed E-state index contributed by atoms with van der Waals surface area (Å²) in [6, 6.07) is 0. The number of hydrogen-bond donors (Lipinski definition) is 0. The lowest BCUT2D eigenvalue weighted by atomic mass is 10.0. The topological polar surface area (TPSA) is 35.5 Å². The van der Waals surface area contributed by atoms with Gasteiger partial charge in [-0.05, 0) is 19.3 Å². The quantitative estimate of drug-likeness (QED) is 0.744. The van der Waals surface area contributed by atoms with Crippen LogP contribution in [0, 0.1) is 0 Å². The third-order valence-electron chi connectivity index (χ3n) is 2.45. The van der Waals surface area contributed by atoms with Crippen LogP contribution >= 0.6 is 15.9 Å². The summed E-state index contributed by atoms with van der Waals surface area (Å²) in [7, 11) is 1.37. The van der Waals surface area contributed by atoms with Crippen LogP contribution in [-0.2, 0) is 14.3 Å². The number of hydrogen-bond acceptors (Lipinski definition) is 3. The Hall–Kier alpha value is -0.350. The second-order valence-corrected chi connectivity index (χ2v) is 4.52. The van der Waals surface area contributed by atoms with Crippen molar-refractivity contribution in [1.29, 1.82) is 0 Å². The molecule has 0 bridgehead atoms. The van der Waals surface area contributed by atoms with E-state index in [9.17, 15) is 4.79 Å². The average molecular weight is 277 g/mol. The van der Waals surface area contributed by atoms with Gasteiger partial charge in [-0.15, -0.1) is 0 Å². The number of halogens is 1. The Labute approximate surface area is 98.9 Å². The van der Waals surface area contributed by atoms with E-state index in [4.69, 9.17) is 4.74 Å². The molecule has 0 aliphatic heterocycles. The van der Waals surface area contributed by atoms with E-state index in [0.29, 0.717) is 0 Å². The van der Waals surface area contributed by atoms with E-state index in [2.05, 4.69) is 26.7 Å². The highest BCUT2D eigenvalue weighted by Crippen LogP contribution is 2.24. The minimum atomic E-state index is -0.322. The first-order valence-corrected chi connectivity index (χ1v) is 6.07. The maximum absolute atomic E-state index is 10.9. The summed E-state index contributed by atoms with van der Waals surface area (Å²) >= 11 is 3.50. The predicted octanol–water partition coefficient (Wildman–Crippen LogP) is 2.79. The molecule has 0 amide bonds. The van der Waals surface area contributed by atoms with Gasteiger partial charge >= 0.3 is 5.97 Å². The molecule has 1 rings (SSSR count). The molecule has 0 aromatic carbocycles. The molecule has 1 atom stereocenters. The van der Waals surface area contributed by atoms with Crippen LogP contribution in [0.25, 0.3) is 0 Å². The standard InChI is InChI=1S/C11H17BrO3/c1-14-11(13)8-15-10-7-5-3-2-4-6-9(10)12/h6,10H,2-5,7-8H2,1H3/b9-6-. The Bertz CT molecular complexity index is 238. The summed E-state index contributed by atoms with van der Waals surface area (Å²) in [4.78, 5) is 10.9. The Morgan fingerprint density at radius 1 is 1.53 bits per heavy atom. The number of allylic oxidation sites excluding steroid dienone is 1. The fourth-order valence-electron chi connectivity index (χ4n) is 1.55. The van der Waals surface area contributed by atoms with Crippen molar-refractivity contribution >= 4 is 21.9 Å². The van der Waals surface area contributed by atoms with Gasteiger partial charge < -0.3 is 9.47 Å². The van der Waals surface area contributed by atoms with Gasteiger partial charge in [-0.1, -0.05) is 34.8 Å². The van der Waals surface area contributed by atoms with Gasteiger partial charge in [0.05, 0.1) is 13.2 Å². The van der Waals surface area contributed by atoms with Crippen LogP contribution in [0.5, 0.6) is 0 Å². The summed E-state index contributed by atoms with van der Waals surface area (Å²) in [5.74, 6) is -0.322. The highest BCUT2D eigenvalue weighted by molar-refractivity contribution is 9.11. The van der Waals surface area contributed by atoms with E-state index in [-0.39, 0.29) is 18.7 Å². The molecule has 0 aromatic rings. The molecule has 1 aliphatic rings. The molecular weight excluding hydrogens is 260 g/mol. The zero-order valence-electron chi connectivity index (χ0n) is 9.00. The summed E-state index contributed by atoms with van der Waals surface area (Å²) < 4.78 is 11.1. The monoisotopic (exact) mass is 276 g/mol. The first kappa shape index (κ1) is 12.7. The van der Waals surface area contributed by atoms with E-state index in [1.807, 2.05) is 0 Å². The maximum atomic E-state index is 10.9. The van der Waals surface area contributed by atoms with Gasteiger partial charge in [0.25, 0.3) is 0 Å². The molecule has 1 unspecified atom stereocenters. The molecule has 0 saturated heterocycles. The number of carbonyl (C=O) groups excluding carboxylic acids is 1. The molecule has 0 radical (unpaired) electrons. The van der Waals surface area contributed by atoms with Gasteiger partial charge in [0.15, 0.2) is 0 Å². The van der Waals surface area contributed by atoms with Gasteiger partial charge in [-0.2, -0.15) is 0 Å². The SMILES string of the molecule is COC(=O)COC1CCCCC/C=C/1Br. The molecule has 0 heterocycles. The lowest BCUT2D eigenvalue weighted by Crippen LogP contribution is -2.20. The van der Waals surface area contributed by atoms with Crippen LogP contribution in [0.3, 0.4) is 0 Å². The largest absolute Gasteiger partial charge is 0.467 e. The van der Waals surface area contributed by atoms with Gasteiger partial charge in [0.2, 0.25) is 0 Å². The van der Waals surface area contributed by atoms with Gasteiger partial charge in [0, 0.05) is 4.48 Å². The van der Waals surface area contributed by atoms with Crippen molar-refractivity contribution in [2.45, 2.75) is 38.2 Å². The van der Waals surface area contributed by atoms with E-state index < -0.39 is 0 Å². The molecule has 15 heavy (non-hydrogen) atoms. The summed E-state index contributed by atoms with van der Waals surface area (Å²) in [6.45, 7) is 0.0319. The minimum absolute atomic E-state index is 0.0180. The van der Waals surface area contributed by atoms with Crippen molar-refractivity contribution < 1.29 is 14.3 Å². The predicted molar refractivity (Wildman–Crippen MR) is 61.9 cm³/mol. The van der Waals surface area contributed by atoms with Crippen molar-refractivity contribution in [3.8, 4) is 0 Å². The van der Waals surface area contributed by atoms with E-state index in [1.54, 1.807) is 0 Å². The van der Waals surface area contributed by atoms with Crippen LogP contribution in [0.2, 0.25) is 0 Å². The third-order valence-corrected chi connectivity index (χ3v) is 3.28. The van der Waals surface area contributed by atoms with Crippen molar-refractivity contribution in [3.63, 3.8) is 0 Å². The van der Waals surface area contributed by atoms with Gasteiger partial charge in [-0.25, -0.2) is 4.79 Å². The second kappa shape index (κ2) is 7.01. The number of ether oxygens (including phenoxy) is 2. The number of esters is 1. The van der Waals surface area contributed by atoms with E-state index >= 15 is 0 Å².